The maximum Gasteiger partial charge on any atom is 0.334 e. The molecule has 1 fully saturated rings. The Hall–Kier alpha value is -1.70. The number of carbonyl (C=O) groups is 1. The Morgan fingerprint density at radius 2 is 1.88 bits per heavy atom. The van der Waals surface area contributed by atoms with Crippen LogP contribution in [0.3, 0.4) is 0 Å². The predicted molar refractivity (Wildman–Crippen MR) is 90.5 cm³/mol. The first-order chi connectivity index (χ1) is 11.6. The minimum absolute atomic E-state index is 0.0555. The summed E-state index contributed by atoms with van der Waals surface area (Å²) < 4.78 is 30.7. The maximum atomic E-state index is 12.6. The number of aryl methyl sites for hydroxylation is 1. The lowest BCUT2D eigenvalue weighted by atomic mass is 9.65. The van der Waals surface area contributed by atoms with Crippen LogP contribution in [0.25, 0.3) is 0 Å². The summed E-state index contributed by atoms with van der Waals surface area (Å²) in [6, 6.07) is 6.35. The molecule has 1 aromatic rings. The molecule has 0 radical (unpaired) electrons. The number of carboxylic acids is 1. The summed E-state index contributed by atoms with van der Waals surface area (Å²) in [6.07, 6.45) is 2.13. The highest BCUT2D eigenvalue weighted by molar-refractivity contribution is 7.86. The van der Waals surface area contributed by atoms with Crippen molar-refractivity contribution in [2.75, 3.05) is 0 Å². The fourth-order valence-electron chi connectivity index (χ4n) is 4.04. The summed E-state index contributed by atoms with van der Waals surface area (Å²) >= 11 is 0. The van der Waals surface area contributed by atoms with E-state index in [1.165, 1.54) is 18.2 Å². The third-order valence-corrected chi connectivity index (χ3v) is 7.00. The van der Waals surface area contributed by atoms with Gasteiger partial charge in [-0.3, -0.25) is 4.18 Å². The summed E-state index contributed by atoms with van der Waals surface area (Å²) in [5.74, 6) is -1.17. The van der Waals surface area contributed by atoms with Crippen molar-refractivity contribution in [3.8, 4) is 0 Å². The van der Waals surface area contributed by atoms with Gasteiger partial charge in [-0.25, -0.2) is 4.79 Å². The van der Waals surface area contributed by atoms with Crippen LogP contribution in [0.15, 0.2) is 40.8 Å². The third-order valence-electron chi connectivity index (χ3n) is 5.66. The van der Waals surface area contributed by atoms with Gasteiger partial charge in [0.05, 0.1) is 16.6 Å². The van der Waals surface area contributed by atoms with Gasteiger partial charge in [0.15, 0.2) is 0 Å². The molecule has 0 saturated heterocycles. The van der Waals surface area contributed by atoms with E-state index in [2.05, 4.69) is 0 Å². The molecule has 7 heteroatoms. The molecule has 0 spiro atoms. The van der Waals surface area contributed by atoms with Crippen molar-refractivity contribution in [1.29, 1.82) is 0 Å². The van der Waals surface area contributed by atoms with Crippen LogP contribution in [0.1, 0.15) is 38.2 Å². The number of allylic oxidation sites excluding steroid dienone is 1. The molecule has 0 aromatic heterocycles. The van der Waals surface area contributed by atoms with E-state index in [1.54, 1.807) is 19.1 Å². The second-order valence-corrected chi connectivity index (χ2v) is 8.70. The van der Waals surface area contributed by atoms with Gasteiger partial charge in [-0.1, -0.05) is 30.7 Å². The molecule has 2 N–H and O–H groups in total. The molecule has 25 heavy (non-hydrogen) atoms. The molecule has 1 aromatic carbocycles. The van der Waals surface area contributed by atoms with E-state index in [1.807, 2.05) is 6.92 Å². The van der Waals surface area contributed by atoms with E-state index in [0.717, 1.165) is 5.56 Å². The molecule has 1 saturated carbocycles. The first kappa shape index (κ1) is 18.1. The summed E-state index contributed by atoms with van der Waals surface area (Å²) in [7, 11) is -3.99. The van der Waals surface area contributed by atoms with E-state index < -0.39 is 33.2 Å². The average Bonchev–Trinajstić information content (AvgIpc) is 2.79. The van der Waals surface area contributed by atoms with E-state index in [9.17, 15) is 23.4 Å². The van der Waals surface area contributed by atoms with Crippen LogP contribution < -0.4 is 0 Å². The van der Waals surface area contributed by atoms with Crippen molar-refractivity contribution in [1.82, 2.24) is 0 Å². The van der Waals surface area contributed by atoms with Crippen LogP contribution in [-0.2, 0) is 19.1 Å². The fraction of sp³-hybridized carbons (Fsp3) is 0.500. The van der Waals surface area contributed by atoms with Gasteiger partial charge < -0.3 is 10.2 Å². The van der Waals surface area contributed by atoms with E-state index in [4.69, 9.17) is 4.18 Å². The number of hydrogen-bond donors (Lipinski definition) is 2. The van der Waals surface area contributed by atoms with Crippen molar-refractivity contribution in [3.63, 3.8) is 0 Å². The molecular weight excluding hydrogens is 344 g/mol. The van der Waals surface area contributed by atoms with E-state index in [-0.39, 0.29) is 23.3 Å². The number of fused-ring (bicyclic) bond motifs is 1. The number of benzene rings is 1. The molecule has 6 nitrogen and oxygen atoms in total. The third kappa shape index (κ3) is 2.80. The van der Waals surface area contributed by atoms with Gasteiger partial charge in [0.25, 0.3) is 10.1 Å². The number of carboxylic acid groups (broad SMARTS) is 1. The smallest absolute Gasteiger partial charge is 0.334 e. The largest absolute Gasteiger partial charge is 0.478 e. The van der Waals surface area contributed by atoms with Crippen molar-refractivity contribution in [2.45, 2.75) is 56.1 Å². The topological polar surface area (TPSA) is 101 Å². The lowest BCUT2D eigenvalue weighted by Gasteiger charge is -2.45. The van der Waals surface area contributed by atoms with Gasteiger partial charge in [-0.05, 0) is 44.7 Å². The van der Waals surface area contributed by atoms with Gasteiger partial charge in [-0.15, -0.1) is 0 Å². The first-order valence-electron chi connectivity index (χ1n) is 8.26. The van der Waals surface area contributed by atoms with E-state index >= 15 is 0 Å². The molecule has 3 atom stereocenters. The summed E-state index contributed by atoms with van der Waals surface area (Å²) in [5.41, 5.74) is -1.66. The Morgan fingerprint density at radius 1 is 1.24 bits per heavy atom. The van der Waals surface area contributed by atoms with Crippen LogP contribution in [0.5, 0.6) is 0 Å². The molecule has 0 unspecified atom stereocenters. The van der Waals surface area contributed by atoms with Crippen LogP contribution in [-0.4, -0.2) is 36.3 Å². The van der Waals surface area contributed by atoms with Crippen molar-refractivity contribution < 1.29 is 27.6 Å². The number of rotatable bonds is 4. The summed E-state index contributed by atoms with van der Waals surface area (Å²) in [4.78, 5) is 11.6. The second-order valence-electron chi connectivity index (χ2n) is 7.13. The molecule has 0 heterocycles. The van der Waals surface area contributed by atoms with Crippen molar-refractivity contribution in [3.05, 3.63) is 41.5 Å². The van der Waals surface area contributed by atoms with Crippen LogP contribution in [0.4, 0.5) is 0 Å². The fourth-order valence-corrected chi connectivity index (χ4v) is 5.23. The minimum atomic E-state index is -3.99. The van der Waals surface area contributed by atoms with Crippen LogP contribution in [0, 0.1) is 12.3 Å². The number of aliphatic carboxylic acids is 1. The van der Waals surface area contributed by atoms with Gasteiger partial charge >= 0.3 is 5.97 Å². The minimum Gasteiger partial charge on any atom is -0.478 e. The molecule has 3 rings (SSSR count). The van der Waals surface area contributed by atoms with Gasteiger partial charge in [0, 0.05) is 5.41 Å². The van der Waals surface area contributed by atoms with Gasteiger partial charge in [0.2, 0.25) is 0 Å². The molecule has 136 valence electrons. The average molecular weight is 366 g/mol. The Morgan fingerprint density at radius 3 is 2.48 bits per heavy atom. The molecule has 2 aliphatic carbocycles. The Kier molecular flexibility index (Phi) is 4.29. The summed E-state index contributed by atoms with van der Waals surface area (Å²) in [5, 5.41) is 20.5. The molecule has 0 aliphatic heterocycles. The van der Waals surface area contributed by atoms with Crippen molar-refractivity contribution in [2.24, 2.45) is 5.41 Å². The molecular formula is C18H22O6S. The monoisotopic (exact) mass is 366 g/mol. The van der Waals surface area contributed by atoms with E-state index in [0.29, 0.717) is 12.8 Å². The number of aliphatic hydroxyl groups is 1. The first-order valence-corrected chi connectivity index (χ1v) is 9.67. The van der Waals surface area contributed by atoms with Gasteiger partial charge in [-0.2, -0.15) is 8.42 Å². The van der Waals surface area contributed by atoms with Crippen LogP contribution >= 0.6 is 0 Å². The molecule has 2 aliphatic rings. The zero-order valence-corrected chi connectivity index (χ0v) is 15.0. The standard InChI is InChI=1S/C18H22O6S/c1-12-5-7-13(8-6-12)25(22,23)24-15-9-11-18(21)14(16(19)20)4-3-10-17(15,18)2/h4-8,15,21H,3,9-11H2,1-2H3,(H,19,20)/t15-,17+,18-/m0/s1. The predicted octanol–water partition coefficient (Wildman–Crippen LogP) is 2.40. The summed E-state index contributed by atoms with van der Waals surface area (Å²) in [6.45, 7) is 3.57. The van der Waals surface area contributed by atoms with Crippen LogP contribution in [0.2, 0.25) is 0 Å². The lowest BCUT2D eigenvalue weighted by Crippen LogP contribution is -2.52. The Balaban J connectivity index is 1.91. The molecule has 0 bridgehead atoms. The highest BCUT2D eigenvalue weighted by atomic mass is 32.2. The zero-order valence-electron chi connectivity index (χ0n) is 14.2. The highest BCUT2D eigenvalue weighted by Gasteiger charge is 2.62. The van der Waals surface area contributed by atoms with Gasteiger partial charge in [0.1, 0.15) is 5.60 Å². The second kappa shape index (κ2) is 5.93. The highest BCUT2D eigenvalue weighted by Crippen LogP contribution is 2.57. The maximum absolute atomic E-state index is 12.6. The zero-order chi connectivity index (χ0) is 18.5. The number of hydrogen-bond acceptors (Lipinski definition) is 5. The van der Waals surface area contributed by atoms with Crippen molar-refractivity contribution >= 4 is 16.1 Å². The lowest BCUT2D eigenvalue weighted by molar-refractivity contribution is -0.139. The SMILES string of the molecule is Cc1ccc(S(=O)(=O)O[C@H]2CC[C@]3(O)C(C(=O)O)=CCC[C@]23C)cc1. The quantitative estimate of drug-likeness (QED) is 0.794. The Labute approximate surface area is 147 Å². The molecule has 0 amide bonds. The normalized spacial score (nSPS) is 32.1. The Bertz CT molecular complexity index is 826.